The summed E-state index contributed by atoms with van der Waals surface area (Å²) in [5, 5.41) is 13.1. The Balaban J connectivity index is 1.64. The first kappa shape index (κ1) is 15.2. The van der Waals surface area contributed by atoms with Gasteiger partial charge in [0.1, 0.15) is 0 Å². The Hall–Kier alpha value is -1.17. The molecule has 1 unspecified atom stereocenters. The van der Waals surface area contributed by atoms with Crippen molar-refractivity contribution < 1.29 is 14.6 Å². The van der Waals surface area contributed by atoms with Gasteiger partial charge in [-0.15, -0.1) is 0 Å². The molecule has 5 nitrogen and oxygen atoms in total. The molecular formula is C15H24N2O3. The average molecular weight is 280 g/mol. The molecule has 1 aliphatic rings. The molecule has 20 heavy (non-hydrogen) atoms. The molecule has 1 aliphatic carbocycles. The minimum atomic E-state index is -0.474. The summed E-state index contributed by atoms with van der Waals surface area (Å²) in [6.07, 6.45) is 6.34. The predicted molar refractivity (Wildman–Crippen MR) is 76.7 cm³/mol. The number of hydrogen-bond donors (Lipinski definition) is 2. The zero-order valence-electron chi connectivity index (χ0n) is 12.0. The smallest absolute Gasteiger partial charge is 0.217 e. The molecule has 1 aromatic heterocycles. The second-order valence-electron chi connectivity index (χ2n) is 5.20. The van der Waals surface area contributed by atoms with Gasteiger partial charge in [0, 0.05) is 24.8 Å². The van der Waals surface area contributed by atoms with Gasteiger partial charge in [-0.3, -0.25) is 0 Å². The second-order valence-corrected chi connectivity index (χ2v) is 5.20. The minimum absolute atomic E-state index is 0.350. The van der Waals surface area contributed by atoms with Gasteiger partial charge in [0.05, 0.1) is 25.9 Å². The van der Waals surface area contributed by atoms with Crippen LogP contribution in [0.15, 0.2) is 18.3 Å². The third-order valence-corrected chi connectivity index (χ3v) is 3.57. The van der Waals surface area contributed by atoms with E-state index in [9.17, 15) is 5.11 Å². The van der Waals surface area contributed by atoms with E-state index in [0.29, 0.717) is 31.7 Å². The first-order chi connectivity index (χ1) is 9.79. The summed E-state index contributed by atoms with van der Waals surface area (Å²) in [7, 11) is 1.61. The van der Waals surface area contributed by atoms with E-state index in [4.69, 9.17) is 9.47 Å². The quantitative estimate of drug-likeness (QED) is 0.755. The maximum Gasteiger partial charge on any atom is 0.217 e. The van der Waals surface area contributed by atoms with Crippen LogP contribution in [-0.2, 0) is 11.3 Å². The van der Waals surface area contributed by atoms with Gasteiger partial charge in [0.25, 0.3) is 0 Å². The van der Waals surface area contributed by atoms with Gasteiger partial charge in [-0.25, -0.2) is 4.98 Å². The molecule has 0 amide bonds. The molecule has 0 saturated heterocycles. The molecule has 1 atom stereocenters. The summed E-state index contributed by atoms with van der Waals surface area (Å²) < 4.78 is 10.9. The fourth-order valence-corrected chi connectivity index (χ4v) is 2.48. The van der Waals surface area contributed by atoms with Crippen LogP contribution in [0.5, 0.6) is 5.88 Å². The highest BCUT2D eigenvalue weighted by atomic mass is 16.5. The topological polar surface area (TPSA) is 63.6 Å². The number of ether oxygens (including phenoxy) is 2. The van der Waals surface area contributed by atoms with Crippen molar-refractivity contribution in [3.05, 3.63) is 23.9 Å². The van der Waals surface area contributed by atoms with Crippen molar-refractivity contribution in [1.29, 1.82) is 0 Å². The third kappa shape index (κ3) is 4.74. The number of aromatic nitrogens is 1. The zero-order chi connectivity index (χ0) is 14.2. The monoisotopic (exact) mass is 280 g/mol. The van der Waals surface area contributed by atoms with Crippen LogP contribution in [0, 0.1) is 0 Å². The average Bonchev–Trinajstić information content (AvgIpc) is 2.99. The molecule has 2 rings (SSSR count). The number of hydrogen-bond acceptors (Lipinski definition) is 5. The lowest BCUT2D eigenvalue weighted by molar-refractivity contribution is -0.00551. The lowest BCUT2D eigenvalue weighted by Crippen LogP contribution is -2.31. The molecule has 5 heteroatoms. The molecule has 2 N–H and O–H groups in total. The number of aliphatic hydroxyl groups excluding tert-OH is 1. The Kier molecular flexibility index (Phi) is 6.24. The van der Waals surface area contributed by atoms with Gasteiger partial charge in [-0.1, -0.05) is 18.9 Å². The van der Waals surface area contributed by atoms with E-state index in [1.165, 1.54) is 12.8 Å². The lowest BCUT2D eigenvalue weighted by atomic mass is 10.2. The maximum absolute atomic E-state index is 9.88. The number of nitrogens with one attached hydrogen (secondary N) is 1. The van der Waals surface area contributed by atoms with Crippen molar-refractivity contribution in [2.75, 3.05) is 20.3 Å². The van der Waals surface area contributed by atoms with Crippen LogP contribution in [0.1, 0.15) is 31.2 Å². The van der Waals surface area contributed by atoms with E-state index in [1.54, 1.807) is 13.3 Å². The van der Waals surface area contributed by atoms with Crippen molar-refractivity contribution in [1.82, 2.24) is 10.3 Å². The van der Waals surface area contributed by atoms with Gasteiger partial charge in [-0.05, 0) is 18.9 Å². The summed E-state index contributed by atoms with van der Waals surface area (Å²) in [4.78, 5) is 4.13. The molecule has 1 saturated carbocycles. The maximum atomic E-state index is 9.88. The van der Waals surface area contributed by atoms with Crippen molar-refractivity contribution >= 4 is 0 Å². The van der Waals surface area contributed by atoms with Crippen LogP contribution in [0.25, 0.3) is 0 Å². The van der Waals surface area contributed by atoms with Crippen molar-refractivity contribution in [2.45, 2.75) is 44.4 Å². The molecule has 0 radical (unpaired) electrons. The summed E-state index contributed by atoms with van der Waals surface area (Å²) >= 11 is 0. The van der Waals surface area contributed by atoms with Crippen LogP contribution in [0.2, 0.25) is 0 Å². The molecule has 0 aromatic carbocycles. The first-order valence-corrected chi connectivity index (χ1v) is 7.28. The standard InChI is InChI=1S/C15H24N2O3/c1-19-15-12(5-4-8-17-15)9-16-10-13(18)11-20-14-6-2-3-7-14/h4-5,8,13-14,16,18H,2-3,6-7,9-11H2,1H3. The minimum Gasteiger partial charge on any atom is -0.481 e. The molecular weight excluding hydrogens is 256 g/mol. The van der Waals surface area contributed by atoms with Crippen molar-refractivity contribution in [2.24, 2.45) is 0 Å². The van der Waals surface area contributed by atoms with Crippen LogP contribution < -0.4 is 10.1 Å². The summed E-state index contributed by atoms with van der Waals surface area (Å²) in [6, 6.07) is 3.83. The molecule has 0 spiro atoms. The van der Waals surface area contributed by atoms with E-state index in [0.717, 1.165) is 18.4 Å². The fourth-order valence-electron chi connectivity index (χ4n) is 2.48. The highest BCUT2D eigenvalue weighted by molar-refractivity contribution is 5.24. The molecule has 1 heterocycles. The molecule has 0 aliphatic heterocycles. The highest BCUT2D eigenvalue weighted by Gasteiger charge is 2.16. The van der Waals surface area contributed by atoms with Gasteiger partial charge in [0.2, 0.25) is 5.88 Å². The highest BCUT2D eigenvalue weighted by Crippen LogP contribution is 2.20. The van der Waals surface area contributed by atoms with Crippen molar-refractivity contribution in [3.8, 4) is 5.88 Å². The number of nitrogens with zero attached hydrogens (tertiary/aromatic N) is 1. The Labute approximate surface area is 120 Å². The molecule has 1 fully saturated rings. The normalized spacial score (nSPS) is 17.3. The number of aliphatic hydroxyl groups is 1. The third-order valence-electron chi connectivity index (χ3n) is 3.57. The van der Waals surface area contributed by atoms with Gasteiger partial charge >= 0.3 is 0 Å². The second kappa shape index (κ2) is 8.19. The summed E-state index contributed by atoms with van der Waals surface area (Å²) in [6.45, 7) is 1.53. The number of pyridine rings is 1. The summed E-state index contributed by atoms with van der Waals surface area (Å²) in [5.74, 6) is 0.622. The van der Waals surface area contributed by atoms with Gasteiger partial charge in [-0.2, -0.15) is 0 Å². The van der Waals surface area contributed by atoms with E-state index < -0.39 is 6.10 Å². The Morgan fingerprint density at radius 3 is 3.00 bits per heavy atom. The first-order valence-electron chi connectivity index (χ1n) is 7.28. The Bertz CT molecular complexity index is 394. The van der Waals surface area contributed by atoms with Crippen LogP contribution in [0.4, 0.5) is 0 Å². The van der Waals surface area contributed by atoms with E-state index >= 15 is 0 Å². The SMILES string of the molecule is COc1ncccc1CNCC(O)COC1CCCC1. The van der Waals surface area contributed by atoms with Crippen LogP contribution >= 0.6 is 0 Å². The fraction of sp³-hybridized carbons (Fsp3) is 0.667. The van der Waals surface area contributed by atoms with E-state index in [1.807, 2.05) is 12.1 Å². The van der Waals surface area contributed by atoms with Crippen LogP contribution in [-0.4, -0.2) is 42.6 Å². The summed E-state index contributed by atoms with van der Waals surface area (Å²) in [5.41, 5.74) is 0.985. The van der Waals surface area contributed by atoms with Crippen LogP contribution in [0.3, 0.4) is 0 Å². The molecule has 112 valence electrons. The number of methoxy groups -OCH3 is 1. The Morgan fingerprint density at radius 1 is 1.45 bits per heavy atom. The number of rotatable bonds is 8. The largest absolute Gasteiger partial charge is 0.481 e. The Morgan fingerprint density at radius 2 is 2.25 bits per heavy atom. The molecule has 1 aromatic rings. The lowest BCUT2D eigenvalue weighted by Gasteiger charge is -2.16. The van der Waals surface area contributed by atoms with Gasteiger partial charge < -0.3 is 19.9 Å². The van der Waals surface area contributed by atoms with E-state index in [2.05, 4.69) is 10.3 Å². The van der Waals surface area contributed by atoms with Crippen molar-refractivity contribution in [3.63, 3.8) is 0 Å². The zero-order valence-corrected chi connectivity index (χ0v) is 12.0. The molecule has 0 bridgehead atoms. The van der Waals surface area contributed by atoms with E-state index in [-0.39, 0.29) is 0 Å². The predicted octanol–water partition coefficient (Wildman–Crippen LogP) is 1.50. The van der Waals surface area contributed by atoms with Gasteiger partial charge in [0.15, 0.2) is 0 Å².